The van der Waals surface area contributed by atoms with Crippen molar-refractivity contribution in [1.29, 1.82) is 0 Å². The first-order valence-corrected chi connectivity index (χ1v) is 6.10. The maximum absolute atomic E-state index is 10.8. The molecule has 2 N–H and O–H groups in total. The third-order valence-electron chi connectivity index (χ3n) is 2.95. The van der Waals surface area contributed by atoms with E-state index in [1.807, 2.05) is 42.5 Å². The Morgan fingerprint density at radius 2 is 1.95 bits per heavy atom. The van der Waals surface area contributed by atoms with Crippen LogP contribution in [0.1, 0.15) is 12.8 Å². The monoisotopic (exact) mass is 257 g/mol. The second-order valence-corrected chi connectivity index (χ2v) is 4.37. The first-order valence-electron chi connectivity index (χ1n) is 6.10. The highest BCUT2D eigenvalue weighted by Gasteiger charge is 2.13. The molecule has 1 atom stereocenters. The summed E-state index contributed by atoms with van der Waals surface area (Å²) in [6, 6.07) is 13.2. The van der Waals surface area contributed by atoms with Gasteiger partial charge in [0.15, 0.2) is 0 Å². The molecule has 0 spiro atoms. The van der Waals surface area contributed by atoms with Gasteiger partial charge in [-0.05, 0) is 11.5 Å². The number of anilines is 1. The predicted molar refractivity (Wildman–Crippen MR) is 74.3 cm³/mol. The molecule has 2 aromatic rings. The maximum Gasteiger partial charge on any atom is 0.305 e. The Balaban J connectivity index is 2.27. The van der Waals surface area contributed by atoms with Crippen molar-refractivity contribution in [2.24, 2.45) is 0 Å². The first kappa shape index (κ1) is 13.1. The number of nitrogens with one attached hydrogen (secondary N) is 1. The van der Waals surface area contributed by atoms with Gasteiger partial charge in [0.2, 0.25) is 0 Å². The van der Waals surface area contributed by atoms with Crippen molar-refractivity contribution < 1.29 is 14.7 Å². The number of carboxylic acid groups (broad SMARTS) is 1. The van der Waals surface area contributed by atoms with E-state index in [-0.39, 0.29) is 18.9 Å². The van der Waals surface area contributed by atoms with Crippen molar-refractivity contribution in [3.63, 3.8) is 0 Å². The van der Waals surface area contributed by atoms with E-state index in [4.69, 9.17) is 5.11 Å². The number of carbonyl (C=O) groups excluding carboxylic acids is 1. The second kappa shape index (κ2) is 6.00. The number of fused-ring (bicyclic) bond motifs is 1. The molecule has 4 heteroatoms. The molecule has 98 valence electrons. The SMILES string of the molecule is O=CCC(CC(=O)O)Nc1cccc2ccccc12. The zero-order chi connectivity index (χ0) is 13.7. The Morgan fingerprint density at radius 1 is 1.21 bits per heavy atom. The summed E-state index contributed by atoms with van der Waals surface area (Å²) < 4.78 is 0. The van der Waals surface area contributed by atoms with Crippen molar-refractivity contribution in [3.05, 3.63) is 42.5 Å². The smallest absolute Gasteiger partial charge is 0.305 e. The average molecular weight is 257 g/mol. The first-order chi connectivity index (χ1) is 9.20. The molecule has 0 aliphatic heterocycles. The third kappa shape index (κ3) is 3.31. The molecule has 0 saturated carbocycles. The molecule has 0 fully saturated rings. The van der Waals surface area contributed by atoms with Crippen molar-refractivity contribution in [2.45, 2.75) is 18.9 Å². The number of hydrogen-bond acceptors (Lipinski definition) is 3. The van der Waals surface area contributed by atoms with E-state index in [0.717, 1.165) is 22.7 Å². The van der Waals surface area contributed by atoms with Crippen molar-refractivity contribution in [1.82, 2.24) is 0 Å². The summed E-state index contributed by atoms with van der Waals surface area (Å²) in [7, 11) is 0. The highest BCUT2D eigenvalue weighted by atomic mass is 16.4. The summed E-state index contributed by atoms with van der Waals surface area (Å²) in [5, 5.41) is 14.1. The maximum atomic E-state index is 10.8. The molecular formula is C15H15NO3. The molecule has 0 aromatic heterocycles. The molecule has 0 saturated heterocycles. The van der Waals surface area contributed by atoms with Gasteiger partial charge in [-0.2, -0.15) is 0 Å². The lowest BCUT2D eigenvalue weighted by atomic mass is 10.1. The van der Waals surface area contributed by atoms with Crippen LogP contribution >= 0.6 is 0 Å². The van der Waals surface area contributed by atoms with Gasteiger partial charge >= 0.3 is 5.97 Å². The number of aliphatic carboxylic acids is 1. The quantitative estimate of drug-likeness (QED) is 0.781. The average Bonchev–Trinajstić information content (AvgIpc) is 2.39. The Kier molecular flexibility index (Phi) is 4.13. The fourth-order valence-electron chi connectivity index (χ4n) is 2.09. The number of hydrogen-bond donors (Lipinski definition) is 2. The lowest BCUT2D eigenvalue weighted by Gasteiger charge is -2.17. The van der Waals surface area contributed by atoms with Gasteiger partial charge in [0.1, 0.15) is 6.29 Å². The summed E-state index contributed by atoms with van der Waals surface area (Å²) in [6.07, 6.45) is 0.837. The van der Waals surface area contributed by atoms with Crippen LogP contribution in [0, 0.1) is 0 Å². The van der Waals surface area contributed by atoms with E-state index in [9.17, 15) is 9.59 Å². The molecule has 0 aliphatic rings. The van der Waals surface area contributed by atoms with Gasteiger partial charge < -0.3 is 15.2 Å². The van der Waals surface area contributed by atoms with Crippen LogP contribution in [0.3, 0.4) is 0 Å². The molecule has 2 rings (SSSR count). The Bertz CT molecular complexity index is 589. The van der Waals surface area contributed by atoms with Crippen molar-refractivity contribution in [2.75, 3.05) is 5.32 Å². The molecule has 1 unspecified atom stereocenters. The molecule has 0 amide bonds. The van der Waals surface area contributed by atoms with E-state index >= 15 is 0 Å². The number of aldehydes is 1. The number of carboxylic acids is 1. The van der Waals surface area contributed by atoms with Gasteiger partial charge in [0, 0.05) is 23.5 Å². The zero-order valence-corrected chi connectivity index (χ0v) is 10.4. The number of carbonyl (C=O) groups is 2. The van der Waals surface area contributed by atoms with Crippen LogP contribution in [0.2, 0.25) is 0 Å². The van der Waals surface area contributed by atoms with Crippen LogP contribution in [-0.4, -0.2) is 23.4 Å². The fraction of sp³-hybridized carbons (Fsp3) is 0.200. The van der Waals surface area contributed by atoms with Gasteiger partial charge in [-0.25, -0.2) is 0 Å². The van der Waals surface area contributed by atoms with Gasteiger partial charge in [0.05, 0.1) is 6.42 Å². The Hall–Kier alpha value is -2.36. The Morgan fingerprint density at radius 3 is 2.68 bits per heavy atom. The molecule has 4 nitrogen and oxygen atoms in total. The minimum Gasteiger partial charge on any atom is -0.481 e. The number of benzene rings is 2. The summed E-state index contributed by atoms with van der Waals surface area (Å²) in [6.45, 7) is 0. The summed E-state index contributed by atoms with van der Waals surface area (Å²) >= 11 is 0. The topological polar surface area (TPSA) is 66.4 Å². The molecule has 2 aromatic carbocycles. The molecule has 0 aliphatic carbocycles. The van der Waals surface area contributed by atoms with Crippen LogP contribution in [0.15, 0.2) is 42.5 Å². The third-order valence-corrected chi connectivity index (χ3v) is 2.95. The fourth-order valence-corrected chi connectivity index (χ4v) is 2.09. The van der Waals surface area contributed by atoms with Crippen LogP contribution < -0.4 is 5.32 Å². The van der Waals surface area contributed by atoms with Crippen LogP contribution in [0.4, 0.5) is 5.69 Å². The van der Waals surface area contributed by atoms with Crippen LogP contribution in [0.25, 0.3) is 10.8 Å². The largest absolute Gasteiger partial charge is 0.481 e. The molecule has 0 radical (unpaired) electrons. The number of rotatable bonds is 6. The second-order valence-electron chi connectivity index (χ2n) is 4.37. The highest BCUT2D eigenvalue weighted by Crippen LogP contribution is 2.24. The van der Waals surface area contributed by atoms with E-state index in [1.54, 1.807) is 0 Å². The van der Waals surface area contributed by atoms with E-state index in [0.29, 0.717) is 0 Å². The summed E-state index contributed by atoms with van der Waals surface area (Å²) in [5.74, 6) is -0.917. The van der Waals surface area contributed by atoms with Gasteiger partial charge in [0.25, 0.3) is 0 Å². The summed E-state index contributed by atoms with van der Waals surface area (Å²) in [4.78, 5) is 21.4. The van der Waals surface area contributed by atoms with Gasteiger partial charge in [-0.3, -0.25) is 4.79 Å². The lowest BCUT2D eigenvalue weighted by molar-refractivity contribution is -0.137. The zero-order valence-electron chi connectivity index (χ0n) is 10.4. The highest BCUT2D eigenvalue weighted by molar-refractivity contribution is 5.94. The van der Waals surface area contributed by atoms with Crippen molar-refractivity contribution in [3.8, 4) is 0 Å². The van der Waals surface area contributed by atoms with E-state index < -0.39 is 5.97 Å². The molecular weight excluding hydrogens is 242 g/mol. The van der Waals surface area contributed by atoms with Crippen LogP contribution in [-0.2, 0) is 9.59 Å². The lowest BCUT2D eigenvalue weighted by Crippen LogP contribution is -2.23. The Labute approximate surface area is 111 Å². The van der Waals surface area contributed by atoms with E-state index in [1.165, 1.54) is 0 Å². The van der Waals surface area contributed by atoms with Gasteiger partial charge in [-0.15, -0.1) is 0 Å². The molecule has 0 heterocycles. The van der Waals surface area contributed by atoms with Crippen molar-refractivity contribution >= 4 is 28.7 Å². The molecule has 19 heavy (non-hydrogen) atoms. The molecule has 0 bridgehead atoms. The standard InChI is InChI=1S/C15H15NO3/c17-9-8-12(10-15(18)19)16-14-7-3-5-11-4-1-2-6-13(11)14/h1-7,9,12,16H,8,10H2,(H,18,19). The predicted octanol–water partition coefficient (Wildman–Crippen LogP) is 2.68. The minimum atomic E-state index is -0.917. The normalized spacial score (nSPS) is 12.0. The minimum absolute atomic E-state index is 0.0814. The summed E-state index contributed by atoms with van der Waals surface area (Å²) in [5.41, 5.74) is 0.853. The van der Waals surface area contributed by atoms with E-state index in [2.05, 4.69) is 5.32 Å². The van der Waals surface area contributed by atoms with Crippen LogP contribution in [0.5, 0.6) is 0 Å². The van der Waals surface area contributed by atoms with Gasteiger partial charge in [-0.1, -0.05) is 36.4 Å².